The summed E-state index contributed by atoms with van der Waals surface area (Å²) in [5.41, 5.74) is 0.886. The quantitative estimate of drug-likeness (QED) is 0.850. The first-order valence-corrected chi connectivity index (χ1v) is 8.51. The van der Waals surface area contributed by atoms with Crippen LogP contribution in [0.1, 0.15) is 50.0 Å². The third kappa shape index (κ3) is 3.64. The Hall–Kier alpha value is -2.46. The van der Waals surface area contributed by atoms with Gasteiger partial charge in [-0.3, -0.25) is 4.90 Å². The number of benzene rings is 1. The van der Waals surface area contributed by atoms with Crippen molar-refractivity contribution in [1.82, 2.24) is 15.0 Å². The SMILES string of the molecule is CC(C)c1noc(C(C)N2CCN(c3ccc(C#N)cc3F)CC2)n1. The predicted octanol–water partition coefficient (Wildman–Crippen LogP) is 3.09. The van der Waals surface area contributed by atoms with Gasteiger partial charge in [0.25, 0.3) is 0 Å². The fourth-order valence-corrected chi connectivity index (χ4v) is 2.99. The third-order valence-electron chi connectivity index (χ3n) is 4.61. The van der Waals surface area contributed by atoms with Gasteiger partial charge in [0.05, 0.1) is 23.4 Å². The lowest BCUT2D eigenvalue weighted by molar-refractivity contribution is 0.164. The molecule has 0 aliphatic carbocycles. The maximum atomic E-state index is 14.2. The van der Waals surface area contributed by atoms with E-state index in [-0.39, 0.29) is 17.8 Å². The Morgan fingerprint density at radius 3 is 2.48 bits per heavy atom. The number of halogens is 1. The van der Waals surface area contributed by atoms with E-state index in [2.05, 4.69) is 22.0 Å². The maximum absolute atomic E-state index is 14.2. The van der Waals surface area contributed by atoms with Crippen LogP contribution in [0.3, 0.4) is 0 Å². The minimum atomic E-state index is -0.348. The molecular formula is C18H22FN5O. The highest BCUT2D eigenvalue weighted by Crippen LogP contribution is 2.25. The summed E-state index contributed by atoms with van der Waals surface area (Å²) in [7, 11) is 0. The molecule has 6 nitrogen and oxygen atoms in total. The first-order chi connectivity index (χ1) is 12.0. The van der Waals surface area contributed by atoms with Crippen LogP contribution in [0.4, 0.5) is 10.1 Å². The van der Waals surface area contributed by atoms with Crippen LogP contribution in [0.25, 0.3) is 0 Å². The second kappa shape index (κ2) is 7.19. The maximum Gasteiger partial charge on any atom is 0.243 e. The van der Waals surface area contributed by atoms with E-state index in [1.54, 1.807) is 12.1 Å². The molecular weight excluding hydrogens is 321 g/mol. The van der Waals surface area contributed by atoms with Gasteiger partial charge >= 0.3 is 0 Å². The number of nitriles is 1. The molecule has 3 rings (SSSR count). The van der Waals surface area contributed by atoms with E-state index in [1.165, 1.54) is 6.07 Å². The molecule has 1 saturated heterocycles. The van der Waals surface area contributed by atoms with Crippen molar-refractivity contribution in [2.45, 2.75) is 32.7 Å². The van der Waals surface area contributed by atoms with Crippen molar-refractivity contribution >= 4 is 5.69 Å². The van der Waals surface area contributed by atoms with E-state index < -0.39 is 0 Å². The molecule has 7 heteroatoms. The monoisotopic (exact) mass is 343 g/mol. The molecule has 1 fully saturated rings. The Bertz CT molecular complexity index is 774. The van der Waals surface area contributed by atoms with Crippen LogP contribution in [0.2, 0.25) is 0 Å². The lowest BCUT2D eigenvalue weighted by Crippen LogP contribution is -2.47. The summed E-state index contributed by atoms with van der Waals surface area (Å²) < 4.78 is 19.6. The van der Waals surface area contributed by atoms with Gasteiger partial charge in [0, 0.05) is 32.1 Å². The molecule has 0 N–H and O–H groups in total. The number of rotatable bonds is 4. The van der Waals surface area contributed by atoms with Gasteiger partial charge in [0.15, 0.2) is 5.82 Å². The topological polar surface area (TPSA) is 69.2 Å². The summed E-state index contributed by atoms with van der Waals surface area (Å²) in [6, 6.07) is 6.61. The van der Waals surface area contributed by atoms with Crippen molar-refractivity contribution in [2.24, 2.45) is 0 Å². The zero-order valence-corrected chi connectivity index (χ0v) is 14.7. The number of aromatic nitrogens is 2. The predicted molar refractivity (Wildman–Crippen MR) is 91.7 cm³/mol. The fraction of sp³-hybridized carbons (Fsp3) is 0.500. The van der Waals surface area contributed by atoms with Gasteiger partial charge in [-0.05, 0) is 25.1 Å². The van der Waals surface area contributed by atoms with E-state index in [4.69, 9.17) is 9.78 Å². The van der Waals surface area contributed by atoms with Gasteiger partial charge in [-0.25, -0.2) is 4.39 Å². The summed E-state index contributed by atoms with van der Waals surface area (Å²) in [5, 5.41) is 12.9. The molecule has 0 radical (unpaired) electrons. The van der Waals surface area contributed by atoms with Crippen molar-refractivity contribution in [3.63, 3.8) is 0 Å². The second-order valence-corrected chi connectivity index (χ2v) is 6.62. The molecule has 1 aliphatic rings. The van der Waals surface area contributed by atoms with Crippen LogP contribution < -0.4 is 4.90 Å². The number of anilines is 1. The Labute approximate surface area is 146 Å². The summed E-state index contributed by atoms with van der Waals surface area (Å²) in [5.74, 6) is 1.24. The number of hydrogen-bond acceptors (Lipinski definition) is 6. The lowest BCUT2D eigenvalue weighted by Gasteiger charge is -2.38. The van der Waals surface area contributed by atoms with Gasteiger partial charge in [-0.1, -0.05) is 19.0 Å². The largest absolute Gasteiger partial charge is 0.367 e. The van der Waals surface area contributed by atoms with E-state index >= 15 is 0 Å². The fourth-order valence-electron chi connectivity index (χ4n) is 2.99. The van der Waals surface area contributed by atoms with E-state index in [9.17, 15) is 4.39 Å². The van der Waals surface area contributed by atoms with Crippen LogP contribution in [0.5, 0.6) is 0 Å². The van der Waals surface area contributed by atoms with Gasteiger partial charge in [-0.2, -0.15) is 10.2 Å². The Morgan fingerprint density at radius 2 is 1.92 bits per heavy atom. The molecule has 1 unspecified atom stereocenters. The van der Waals surface area contributed by atoms with E-state index in [0.717, 1.165) is 18.9 Å². The first kappa shape index (κ1) is 17.4. The zero-order chi connectivity index (χ0) is 18.0. The lowest BCUT2D eigenvalue weighted by atomic mass is 10.1. The van der Waals surface area contributed by atoms with Crippen molar-refractivity contribution in [1.29, 1.82) is 5.26 Å². The summed E-state index contributed by atoms with van der Waals surface area (Å²) in [6.07, 6.45) is 0. The molecule has 1 aliphatic heterocycles. The summed E-state index contributed by atoms with van der Waals surface area (Å²) in [6.45, 7) is 9.08. The molecule has 0 saturated carbocycles. The summed E-state index contributed by atoms with van der Waals surface area (Å²) in [4.78, 5) is 8.74. The second-order valence-electron chi connectivity index (χ2n) is 6.62. The molecule has 0 spiro atoms. The molecule has 1 atom stereocenters. The molecule has 1 aromatic heterocycles. The average Bonchev–Trinajstić information content (AvgIpc) is 3.11. The van der Waals surface area contributed by atoms with E-state index in [0.29, 0.717) is 30.2 Å². The van der Waals surface area contributed by atoms with Crippen LogP contribution in [0, 0.1) is 17.1 Å². The van der Waals surface area contributed by atoms with Gasteiger partial charge in [-0.15, -0.1) is 0 Å². The number of hydrogen-bond donors (Lipinski definition) is 0. The molecule has 132 valence electrons. The summed E-state index contributed by atoms with van der Waals surface area (Å²) >= 11 is 0. The zero-order valence-electron chi connectivity index (χ0n) is 14.7. The molecule has 25 heavy (non-hydrogen) atoms. The van der Waals surface area contributed by atoms with Crippen molar-refractivity contribution in [3.8, 4) is 6.07 Å². The van der Waals surface area contributed by atoms with Gasteiger partial charge in [0.1, 0.15) is 5.82 Å². The highest BCUT2D eigenvalue weighted by Gasteiger charge is 2.27. The molecule has 2 aromatic rings. The molecule has 0 amide bonds. The number of piperazine rings is 1. The van der Waals surface area contributed by atoms with Crippen LogP contribution >= 0.6 is 0 Å². The van der Waals surface area contributed by atoms with E-state index in [1.807, 2.05) is 24.8 Å². The van der Waals surface area contributed by atoms with Gasteiger partial charge < -0.3 is 9.42 Å². The van der Waals surface area contributed by atoms with Crippen LogP contribution in [-0.4, -0.2) is 41.2 Å². The Morgan fingerprint density at radius 1 is 1.20 bits per heavy atom. The smallest absolute Gasteiger partial charge is 0.243 e. The number of nitrogens with zero attached hydrogens (tertiary/aromatic N) is 5. The minimum Gasteiger partial charge on any atom is -0.367 e. The van der Waals surface area contributed by atoms with Crippen LogP contribution in [0.15, 0.2) is 22.7 Å². The molecule has 2 heterocycles. The highest BCUT2D eigenvalue weighted by atomic mass is 19.1. The van der Waals surface area contributed by atoms with Crippen molar-refractivity contribution < 1.29 is 8.91 Å². The first-order valence-electron chi connectivity index (χ1n) is 8.51. The standard InChI is InChI=1S/C18H22FN5O/c1-12(2)17-21-18(25-22-17)13(3)23-6-8-24(9-7-23)16-5-4-14(11-20)10-15(16)19/h4-5,10,12-13H,6-9H2,1-3H3. The normalized spacial score (nSPS) is 16.9. The Balaban J connectivity index is 1.64. The molecule has 0 bridgehead atoms. The van der Waals surface area contributed by atoms with Crippen molar-refractivity contribution in [2.75, 3.05) is 31.1 Å². The van der Waals surface area contributed by atoms with Gasteiger partial charge in [0.2, 0.25) is 5.89 Å². The molecule has 1 aromatic carbocycles. The minimum absolute atomic E-state index is 0.0351. The van der Waals surface area contributed by atoms with Crippen molar-refractivity contribution in [3.05, 3.63) is 41.3 Å². The average molecular weight is 343 g/mol. The van der Waals surface area contributed by atoms with Crippen LogP contribution in [-0.2, 0) is 0 Å². The Kier molecular flexibility index (Phi) is 5.00. The third-order valence-corrected chi connectivity index (χ3v) is 4.61. The highest BCUT2D eigenvalue weighted by molar-refractivity contribution is 5.51.